The second-order valence-corrected chi connectivity index (χ2v) is 5.52. The first-order valence-corrected chi connectivity index (χ1v) is 6.47. The van der Waals surface area contributed by atoms with Gasteiger partial charge in [-0.25, -0.2) is 0 Å². The van der Waals surface area contributed by atoms with Gasteiger partial charge < -0.3 is 15.5 Å². The van der Waals surface area contributed by atoms with E-state index in [4.69, 9.17) is 10.2 Å². The maximum absolute atomic E-state index is 9.00. The molecule has 0 aliphatic rings. The van der Waals surface area contributed by atoms with Crippen LogP contribution in [0.5, 0.6) is 0 Å². The van der Waals surface area contributed by atoms with Gasteiger partial charge in [0.2, 0.25) is 0 Å². The van der Waals surface area contributed by atoms with E-state index in [2.05, 4.69) is 26.1 Å². The molecule has 0 heterocycles. The Labute approximate surface area is 100 Å². The van der Waals surface area contributed by atoms with Crippen molar-refractivity contribution in [2.75, 3.05) is 19.8 Å². The Morgan fingerprint density at radius 2 is 1.56 bits per heavy atom. The molecule has 3 N–H and O–H groups in total. The highest BCUT2D eigenvalue weighted by atomic mass is 16.3. The van der Waals surface area contributed by atoms with Crippen LogP contribution < -0.4 is 5.32 Å². The van der Waals surface area contributed by atoms with E-state index in [1.165, 1.54) is 6.42 Å². The third-order valence-electron chi connectivity index (χ3n) is 2.94. The SMILES string of the molecule is CC(C)(C)C(CCO)NCCCCCCO. The van der Waals surface area contributed by atoms with Crippen molar-refractivity contribution < 1.29 is 10.2 Å². The van der Waals surface area contributed by atoms with Gasteiger partial charge in [0.1, 0.15) is 0 Å². The zero-order valence-corrected chi connectivity index (χ0v) is 11.1. The molecule has 16 heavy (non-hydrogen) atoms. The lowest BCUT2D eigenvalue weighted by atomic mass is 9.85. The summed E-state index contributed by atoms with van der Waals surface area (Å²) in [6.07, 6.45) is 5.17. The van der Waals surface area contributed by atoms with Crippen molar-refractivity contribution in [3.05, 3.63) is 0 Å². The van der Waals surface area contributed by atoms with Crippen LogP contribution in [0.3, 0.4) is 0 Å². The van der Waals surface area contributed by atoms with Gasteiger partial charge in [-0.3, -0.25) is 0 Å². The molecular weight excluding hydrogens is 202 g/mol. The largest absolute Gasteiger partial charge is 0.396 e. The van der Waals surface area contributed by atoms with Gasteiger partial charge in [-0.1, -0.05) is 33.6 Å². The van der Waals surface area contributed by atoms with E-state index in [0.717, 1.165) is 32.2 Å². The molecule has 0 aliphatic carbocycles. The van der Waals surface area contributed by atoms with Crippen LogP contribution in [0, 0.1) is 5.41 Å². The molecule has 0 aliphatic heterocycles. The van der Waals surface area contributed by atoms with Gasteiger partial charge in [0, 0.05) is 19.3 Å². The minimum atomic E-state index is 0.202. The molecule has 0 amide bonds. The number of hydrogen-bond acceptors (Lipinski definition) is 3. The van der Waals surface area contributed by atoms with Crippen molar-refractivity contribution in [3.63, 3.8) is 0 Å². The summed E-state index contributed by atoms with van der Waals surface area (Å²) in [6.45, 7) is 8.17. The lowest BCUT2D eigenvalue weighted by Gasteiger charge is -2.31. The number of rotatable bonds is 9. The average Bonchev–Trinajstić information content (AvgIpc) is 2.20. The van der Waals surface area contributed by atoms with Crippen LogP contribution in [0.15, 0.2) is 0 Å². The van der Waals surface area contributed by atoms with Crippen LogP contribution in [0.1, 0.15) is 52.9 Å². The first kappa shape index (κ1) is 15.9. The zero-order valence-electron chi connectivity index (χ0n) is 11.1. The predicted molar refractivity (Wildman–Crippen MR) is 68.5 cm³/mol. The Balaban J connectivity index is 3.61. The second-order valence-electron chi connectivity index (χ2n) is 5.52. The molecule has 98 valence electrons. The monoisotopic (exact) mass is 231 g/mol. The molecular formula is C13H29NO2. The quantitative estimate of drug-likeness (QED) is 0.531. The molecule has 1 unspecified atom stereocenters. The Hall–Kier alpha value is -0.120. The molecule has 0 saturated heterocycles. The van der Waals surface area contributed by atoms with E-state index >= 15 is 0 Å². The van der Waals surface area contributed by atoms with Crippen molar-refractivity contribution in [1.29, 1.82) is 0 Å². The van der Waals surface area contributed by atoms with E-state index < -0.39 is 0 Å². The highest BCUT2D eigenvalue weighted by molar-refractivity contribution is 4.79. The topological polar surface area (TPSA) is 52.5 Å². The molecule has 0 bridgehead atoms. The van der Waals surface area contributed by atoms with Gasteiger partial charge in [0.25, 0.3) is 0 Å². The molecule has 0 aromatic rings. The fraction of sp³-hybridized carbons (Fsp3) is 1.00. The third-order valence-corrected chi connectivity index (χ3v) is 2.94. The van der Waals surface area contributed by atoms with Crippen molar-refractivity contribution >= 4 is 0 Å². The van der Waals surface area contributed by atoms with E-state index in [0.29, 0.717) is 12.6 Å². The third kappa shape index (κ3) is 8.08. The van der Waals surface area contributed by atoms with Crippen molar-refractivity contribution in [1.82, 2.24) is 5.32 Å². The molecule has 0 fully saturated rings. The predicted octanol–water partition coefficient (Wildman–Crippen LogP) is 1.93. The summed E-state index contributed by atoms with van der Waals surface area (Å²) in [5.41, 5.74) is 0.202. The highest BCUT2D eigenvalue weighted by Crippen LogP contribution is 2.21. The summed E-state index contributed by atoms with van der Waals surface area (Å²) in [6, 6.07) is 0.385. The lowest BCUT2D eigenvalue weighted by Crippen LogP contribution is -2.41. The molecule has 0 radical (unpaired) electrons. The summed E-state index contributed by atoms with van der Waals surface area (Å²) in [7, 11) is 0. The summed E-state index contributed by atoms with van der Waals surface area (Å²) < 4.78 is 0. The minimum Gasteiger partial charge on any atom is -0.396 e. The van der Waals surface area contributed by atoms with Gasteiger partial charge in [0.05, 0.1) is 0 Å². The van der Waals surface area contributed by atoms with Gasteiger partial charge >= 0.3 is 0 Å². The van der Waals surface area contributed by atoms with Crippen LogP contribution in [0.2, 0.25) is 0 Å². The van der Waals surface area contributed by atoms with Gasteiger partial charge in [-0.2, -0.15) is 0 Å². The first-order valence-electron chi connectivity index (χ1n) is 6.47. The Morgan fingerprint density at radius 1 is 0.938 bits per heavy atom. The molecule has 0 aromatic heterocycles. The lowest BCUT2D eigenvalue weighted by molar-refractivity contribution is 0.197. The molecule has 1 atom stereocenters. The fourth-order valence-corrected chi connectivity index (χ4v) is 1.84. The number of hydrogen-bond donors (Lipinski definition) is 3. The molecule has 0 saturated carbocycles. The fourth-order valence-electron chi connectivity index (χ4n) is 1.84. The minimum absolute atomic E-state index is 0.202. The summed E-state index contributed by atoms with van der Waals surface area (Å²) >= 11 is 0. The van der Waals surface area contributed by atoms with Crippen LogP contribution in [-0.4, -0.2) is 36.0 Å². The Bertz CT molecular complexity index is 155. The van der Waals surface area contributed by atoms with Crippen LogP contribution in [0.25, 0.3) is 0 Å². The smallest absolute Gasteiger partial charge is 0.0446 e. The number of aliphatic hydroxyl groups is 2. The van der Waals surface area contributed by atoms with Crippen LogP contribution in [-0.2, 0) is 0 Å². The number of unbranched alkanes of at least 4 members (excludes halogenated alkanes) is 3. The highest BCUT2D eigenvalue weighted by Gasteiger charge is 2.22. The summed E-state index contributed by atoms with van der Waals surface area (Å²) in [5, 5.41) is 21.2. The van der Waals surface area contributed by atoms with E-state index in [9.17, 15) is 0 Å². The molecule has 0 aromatic carbocycles. The van der Waals surface area contributed by atoms with Gasteiger partial charge in [-0.15, -0.1) is 0 Å². The maximum atomic E-state index is 9.00. The zero-order chi connectivity index (χ0) is 12.4. The summed E-state index contributed by atoms with van der Waals surface area (Å²) in [5.74, 6) is 0. The maximum Gasteiger partial charge on any atom is 0.0446 e. The summed E-state index contributed by atoms with van der Waals surface area (Å²) in [4.78, 5) is 0. The molecule has 3 nitrogen and oxygen atoms in total. The van der Waals surface area contributed by atoms with Crippen molar-refractivity contribution in [2.24, 2.45) is 5.41 Å². The van der Waals surface area contributed by atoms with Crippen molar-refractivity contribution in [2.45, 2.75) is 58.9 Å². The van der Waals surface area contributed by atoms with E-state index in [-0.39, 0.29) is 12.0 Å². The van der Waals surface area contributed by atoms with Crippen molar-refractivity contribution in [3.8, 4) is 0 Å². The standard InChI is InChI=1S/C13H29NO2/c1-13(2,3)12(8-11-16)14-9-6-4-5-7-10-15/h12,14-16H,4-11H2,1-3H3. The number of nitrogens with one attached hydrogen (secondary N) is 1. The normalized spacial score (nSPS) is 14.1. The number of aliphatic hydroxyl groups excluding tert-OH is 2. The van der Waals surface area contributed by atoms with Gasteiger partial charge in [-0.05, 0) is 31.2 Å². The van der Waals surface area contributed by atoms with Crippen LogP contribution in [0.4, 0.5) is 0 Å². The molecule has 0 spiro atoms. The van der Waals surface area contributed by atoms with Crippen LogP contribution >= 0.6 is 0 Å². The van der Waals surface area contributed by atoms with E-state index in [1.54, 1.807) is 0 Å². The average molecular weight is 231 g/mol. The first-order chi connectivity index (χ1) is 7.52. The van der Waals surface area contributed by atoms with E-state index in [1.807, 2.05) is 0 Å². The second kappa shape index (κ2) is 8.97. The van der Waals surface area contributed by atoms with Gasteiger partial charge in [0.15, 0.2) is 0 Å². The Morgan fingerprint density at radius 3 is 2.06 bits per heavy atom. The molecule has 3 heteroatoms. The Kier molecular flexibility index (Phi) is 8.90. The molecule has 0 rings (SSSR count).